The lowest BCUT2D eigenvalue weighted by molar-refractivity contribution is -0.137. The Morgan fingerprint density at radius 2 is 1.41 bits per heavy atom. The Morgan fingerprint density at radius 3 is 1.74 bits per heavy atom. The molecule has 0 atom stereocenters. The fraction of sp³-hybridized carbons (Fsp3) is 0.474. The molecule has 1 aromatic carbocycles. The third kappa shape index (κ3) is 6.51. The summed E-state index contributed by atoms with van der Waals surface area (Å²) in [6.07, 6.45) is -2.30. The predicted molar refractivity (Wildman–Crippen MR) is 94.3 cm³/mol. The molecule has 1 rings (SSSR count). The Morgan fingerprint density at radius 1 is 0.963 bits per heavy atom. The number of terminal acetylenes is 1. The normalized spacial score (nSPS) is 12.1. The minimum atomic E-state index is -4.87. The average Bonchev–Trinajstić information content (AvgIpc) is 2.42. The number of benzene rings is 1. The van der Waals surface area contributed by atoms with Crippen molar-refractivity contribution in [2.75, 3.05) is 4.90 Å². The van der Waals surface area contributed by atoms with E-state index in [-0.39, 0.29) is 10.5 Å². The number of hydrogen-bond donors (Lipinski definition) is 0. The van der Waals surface area contributed by atoms with E-state index < -0.39 is 40.8 Å². The fourth-order valence-corrected chi connectivity index (χ4v) is 1.93. The van der Waals surface area contributed by atoms with Crippen molar-refractivity contribution in [3.8, 4) is 12.3 Å². The minimum Gasteiger partial charge on any atom is -0.443 e. The van der Waals surface area contributed by atoms with E-state index in [1.807, 2.05) is 0 Å². The number of amides is 2. The molecular weight excluding hydrogens is 363 g/mol. The van der Waals surface area contributed by atoms with E-state index in [4.69, 9.17) is 15.9 Å². The second-order valence-corrected chi connectivity index (χ2v) is 7.67. The van der Waals surface area contributed by atoms with Gasteiger partial charge >= 0.3 is 18.4 Å². The SMILES string of the molecule is C#Cc1ccc(N(C(=O)OC(C)(C)C)C(=O)OC(C)(C)C)c(C(F)(F)F)c1. The molecule has 0 unspecified atom stereocenters. The van der Waals surface area contributed by atoms with Crippen LogP contribution in [0.2, 0.25) is 0 Å². The standard InChI is InChI=1S/C19H22F3NO4/c1-8-12-9-10-14(13(11-12)19(20,21)22)23(15(24)26-17(2,3)4)16(25)27-18(5,6)7/h1,9-11H,2-7H3. The van der Waals surface area contributed by atoms with Crippen LogP contribution in [0.4, 0.5) is 28.4 Å². The zero-order valence-corrected chi connectivity index (χ0v) is 16.0. The summed E-state index contributed by atoms with van der Waals surface area (Å²) >= 11 is 0. The van der Waals surface area contributed by atoms with Crippen LogP contribution in [0, 0.1) is 12.3 Å². The van der Waals surface area contributed by atoms with E-state index in [0.717, 1.165) is 6.07 Å². The molecular formula is C19H22F3NO4. The Kier molecular flexibility index (Phi) is 6.22. The highest BCUT2D eigenvalue weighted by molar-refractivity contribution is 6.10. The third-order valence-corrected chi connectivity index (χ3v) is 2.86. The van der Waals surface area contributed by atoms with Crippen molar-refractivity contribution in [3.63, 3.8) is 0 Å². The molecule has 0 bridgehead atoms. The van der Waals surface area contributed by atoms with Crippen molar-refractivity contribution in [2.45, 2.75) is 58.9 Å². The Labute approximate surface area is 156 Å². The van der Waals surface area contributed by atoms with Crippen LogP contribution in [0.1, 0.15) is 52.7 Å². The number of halogens is 3. The summed E-state index contributed by atoms with van der Waals surface area (Å²) in [5.74, 6) is 2.09. The number of imide groups is 1. The van der Waals surface area contributed by atoms with Crippen LogP contribution in [0.5, 0.6) is 0 Å². The van der Waals surface area contributed by atoms with Crippen LogP contribution in [-0.2, 0) is 15.7 Å². The summed E-state index contributed by atoms with van der Waals surface area (Å²) in [6, 6.07) is 2.80. The van der Waals surface area contributed by atoms with Gasteiger partial charge in [0, 0.05) is 5.56 Å². The summed E-state index contributed by atoms with van der Waals surface area (Å²) in [5.41, 5.74) is -4.14. The number of nitrogens with zero attached hydrogens (tertiary/aromatic N) is 1. The molecule has 0 aliphatic rings. The number of carbonyl (C=O) groups excluding carboxylic acids is 2. The second kappa shape index (κ2) is 7.51. The highest BCUT2D eigenvalue weighted by atomic mass is 19.4. The van der Waals surface area contributed by atoms with Crippen LogP contribution < -0.4 is 4.90 Å². The first-order chi connectivity index (χ1) is 12.0. The van der Waals surface area contributed by atoms with Gasteiger partial charge in [-0.1, -0.05) is 5.92 Å². The van der Waals surface area contributed by atoms with Crippen LogP contribution in [-0.4, -0.2) is 23.4 Å². The summed E-state index contributed by atoms with van der Waals surface area (Å²) in [7, 11) is 0. The number of rotatable bonds is 1. The van der Waals surface area contributed by atoms with Crippen molar-refractivity contribution in [3.05, 3.63) is 29.3 Å². The Hall–Kier alpha value is -2.69. The topological polar surface area (TPSA) is 55.8 Å². The van der Waals surface area contributed by atoms with Gasteiger partial charge in [-0.2, -0.15) is 18.1 Å². The van der Waals surface area contributed by atoms with Gasteiger partial charge in [-0.15, -0.1) is 6.42 Å². The van der Waals surface area contributed by atoms with Gasteiger partial charge in [0.05, 0.1) is 11.3 Å². The van der Waals surface area contributed by atoms with Crippen LogP contribution >= 0.6 is 0 Å². The molecule has 2 amide bonds. The van der Waals surface area contributed by atoms with Crippen LogP contribution in [0.25, 0.3) is 0 Å². The monoisotopic (exact) mass is 385 g/mol. The molecule has 0 saturated heterocycles. The predicted octanol–water partition coefficient (Wildman–Crippen LogP) is 5.36. The lowest BCUT2D eigenvalue weighted by atomic mass is 10.1. The molecule has 0 heterocycles. The first-order valence-corrected chi connectivity index (χ1v) is 7.99. The van der Waals surface area contributed by atoms with Crippen molar-refractivity contribution in [1.82, 2.24) is 0 Å². The molecule has 0 fully saturated rings. The zero-order valence-electron chi connectivity index (χ0n) is 16.0. The van der Waals surface area contributed by atoms with Gasteiger partial charge in [0.2, 0.25) is 0 Å². The molecule has 0 radical (unpaired) electrons. The maximum Gasteiger partial charge on any atom is 0.424 e. The number of hydrogen-bond acceptors (Lipinski definition) is 4. The smallest absolute Gasteiger partial charge is 0.424 e. The molecule has 27 heavy (non-hydrogen) atoms. The number of ether oxygens (including phenoxy) is 2. The number of carbonyl (C=O) groups is 2. The lowest BCUT2D eigenvalue weighted by Gasteiger charge is -2.30. The van der Waals surface area contributed by atoms with E-state index in [9.17, 15) is 22.8 Å². The third-order valence-electron chi connectivity index (χ3n) is 2.86. The molecule has 0 saturated carbocycles. The quantitative estimate of drug-likeness (QED) is 0.611. The van der Waals surface area contributed by atoms with Gasteiger partial charge in [0.25, 0.3) is 0 Å². The van der Waals surface area contributed by atoms with E-state index in [1.165, 1.54) is 47.6 Å². The molecule has 1 aromatic rings. The first-order valence-electron chi connectivity index (χ1n) is 7.99. The largest absolute Gasteiger partial charge is 0.443 e. The van der Waals surface area contributed by atoms with Crippen molar-refractivity contribution >= 4 is 17.9 Å². The van der Waals surface area contributed by atoms with Gasteiger partial charge in [-0.3, -0.25) is 0 Å². The van der Waals surface area contributed by atoms with Gasteiger partial charge in [-0.05, 0) is 59.7 Å². The molecule has 0 aliphatic carbocycles. The van der Waals surface area contributed by atoms with Gasteiger partial charge < -0.3 is 9.47 Å². The highest BCUT2D eigenvalue weighted by Crippen LogP contribution is 2.38. The lowest BCUT2D eigenvalue weighted by Crippen LogP contribution is -2.44. The summed E-state index contributed by atoms with van der Waals surface area (Å²) in [4.78, 5) is 25.3. The molecule has 0 N–H and O–H groups in total. The van der Waals surface area contributed by atoms with Crippen molar-refractivity contribution in [1.29, 1.82) is 0 Å². The number of anilines is 1. The molecule has 0 aromatic heterocycles. The van der Waals surface area contributed by atoms with Gasteiger partial charge in [-0.25, -0.2) is 9.59 Å². The molecule has 148 valence electrons. The molecule has 0 aliphatic heterocycles. The van der Waals surface area contributed by atoms with Gasteiger partial charge in [0.15, 0.2) is 0 Å². The highest BCUT2D eigenvalue weighted by Gasteiger charge is 2.41. The van der Waals surface area contributed by atoms with E-state index in [0.29, 0.717) is 6.07 Å². The van der Waals surface area contributed by atoms with Crippen molar-refractivity contribution in [2.24, 2.45) is 0 Å². The van der Waals surface area contributed by atoms with Crippen LogP contribution in [0.15, 0.2) is 18.2 Å². The molecule has 8 heteroatoms. The Balaban J connectivity index is 3.58. The summed E-state index contributed by atoms with van der Waals surface area (Å²) < 4.78 is 50.8. The Bertz CT molecular complexity index is 737. The van der Waals surface area contributed by atoms with E-state index in [2.05, 4.69) is 5.92 Å². The summed E-state index contributed by atoms with van der Waals surface area (Å²) in [5, 5.41) is 0. The molecule has 5 nitrogen and oxygen atoms in total. The van der Waals surface area contributed by atoms with E-state index in [1.54, 1.807) is 0 Å². The maximum absolute atomic E-state index is 13.5. The second-order valence-electron chi connectivity index (χ2n) is 7.67. The summed E-state index contributed by atoms with van der Waals surface area (Å²) in [6.45, 7) is 9.11. The zero-order chi connectivity index (χ0) is 21.2. The molecule has 0 spiro atoms. The van der Waals surface area contributed by atoms with E-state index >= 15 is 0 Å². The average molecular weight is 385 g/mol. The minimum absolute atomic E-state index is 0.0561. The maximum atomic E-state index is 13.5. The van der Waals surface area contributed by atoms with Crippen LogP contribution in [0.3, 0.4) is 0 Å². The van der Waals surface area contributed by atoms with Crippen molar-refractivity contribution < 1.29 is 32.2 Å². The number of alkyl halides is 3. The fourth-order valence-electron chi connectivity index (χ4n) is 1.93. The first kappa shape index (κ1) is 22.4. The van der Waals surface area contributed by atoms with Gasteiger partial charge in [0.1, 0.15) is 11.2 Å².